The summed E-state index contributed by atoms with van der Waals surface area (Å²) in [5.74, 6) is 0.175. The van der Waals surface area contributed by atoms with Crippen molar-refractivity contribution in [3.63, 3.8) is 0 Å². The normalized spacial score (nSPS) is 14.1. The van der Waals surface area contributed by atoms with Crippen molar-refractivity contribution in [1.29, 1.82) is 0 Å². The third-order valence-electron chi connectivity index (χ3n) is 5.97. The third kappa shape index (κ3) is 4.90. The van der Waals surface area contributed by atoms with Gasteiger partial charge in [-0.25, -0.2) is 4.98 Å². The van der Waals surface area contributed by atoms with Crippen LogP contribution in [0.15, 0.2) is 40.9 Å². The zero-order valence-electron chi connectivity index (χ0n) is 18.5. The standard InChI is InChI=1S/C24H29N5O3/c1-3-17(4-2)26-22(30)20-13-19(28-29-20)15-8-7-9-16(12-15)24-25-14-21(32-24)23(31)27-18-10-5-6-11-18/h7-9,12-14,17-18H,3-6,10-11H2,1-2H3,(H,26,30)(H,27,31)(H,28,29). The van der Waals surface area contributed by atoms with E-state index in [4.69, 9.17) is 4.42 Å². The zero-order chi connectivity index (χ0) is 22.5. The number of nitrogens with one attached hydrogen (secondary N) is 3. The highest BCUT2D eigenvalue weighted by Crippen LogP contribution is 2.26. The molecule has 2 heterocycles. The van der Waals surface area contributed by atoms with Gasteiger partial charge in [0.2, 0.25) is 11.7 Å². The number of oxazole rings is 1. The van der Waals surface area contributed by atoms with Crippen molar-refractivity contribution in [2.24, 2.45) is 0 Å². The predicted octanol–water partition coefficient (Wildman–Crippen LogP) is 4.32. The van der Waals surface area contributed by atoms with Gasteiger partial charge in [0.15, 0.2) is 0 Å². The monoisotopic (exact) mass is 435 g/mol. The summed E-state index contributed by atoms with van der Waals surface area (Å²) in [7, 11) is 0. The zero-order valence-corrected chi connectivity index (χ0v) is 18.5. The van der Waals surface area contributed by atoms with E-state index in [0.717, 1.165) is 49.7 Å². The highest BCUT2D eigenvalue weighted by molar-refractivity contribution is 5.93. The number of nitrogens with zero attached hydrogens (tertiary/aromatic N) is 2. The van der Waals surface area contributed by atoms with Gasteiger partial charge in [-0.05, 0) is 43.9 Å². The molecule has 3 aromatic rings. The molecule has 0 radical (unpaired) electrons. The molecule has 1 aromatic carbocycles. The first-order valence-corrected chi connectivity index (χ1v) is 11.3. The number of amides is 2. The number of benzene rings is 1. The number of aromatic amines is 1. The summed E-state index contributed by atoms with van der Waals surface area (Å²) in [5, 5.41) is 13.1. The number of hydrogen-bond donors (Lipinski definition) is 3. The first kappa shape index (κ1) is 21.8. The van der Waals surface area contributed by atoms with E-state index < -0.39 is 0 Å². The fourth-order valence-corrected chi connectivity index (χ4v) is 3.99. The Balaban J connectivity index is 1.47. The van der Waals surface area contributed by atoms with Crippen LogP contribution >= 0.6 is 0 Å². The number of aromatic nitrogens is 3. The predicted molar refractivity (Wildman–Crippen MR) is 121 cm³/mol. The molecular formula is C24H29N5O3. The second kappa shape index (κ2) is 9.80. The number of hydrogen-bond acceptors (Lipinski definition) is 5. The summed E-state index contributed by atoms with van der Waals surface area (Å²) >= 11 is 0. The van der Waals surface area contributed by atoms with E-state index in [9.17, 15) is 9.59 Å². The molecule has 168 valence electrons. The summed E-state index contributed by atoms with van der Waals surface area (Å²) in [6.45, 7) is 4.09. The highest BCUT2D eigenvalue weighted by atomic mass is 16.4. The minimum absolute atomic E-state index is 0.141. The molecule has 8 nitrogen and oxygen atoms in total. The van der Waals surface area contributed by atoms with Gasteiger partial charge in [0.1, 0.15) is 5.69 Å². The van der Waals surface area contributed by atoms with Crippen molar-refractivity contribution < 1.29 is 14.0 Å². The van der Waals surface area contributed by atoms with Gasteiger partial charge in [-0.15, -0.1) is 0 Å². The second-order valence-corrected chi connectivity index (χ2v) is 8.22. The van der Waals surface area contributed by atoms with E-state index in [1.54, 1.807) is 6.07 Å². The van der Waals surface area contributed by atoms with Crippen molar-refractivity contribution in [2.75, 3.05) is 0 Å². The molecule has 1 saturated carbocycles. The van der Waals surface area contributed by atoms with E-state index in [1.807, 2.05) is 38.1 Å². The van der Waals surface area contributed by atoms with Crippen LogP contribution in [0.2, 0.25) is 0 Å². The van der Waals surface area contributed by atoms with Crippen LogP contribution in [0.25, 0.3) is 22.7 Å². The molecule has 1 aliphatic rings. The topological polar surface area (TPSA) is 113 Å². The summed E-state index contributed by atoms with van der Waals surface area (Å²) in [6, 6.07) is 9.60. The second-order valence-electron chi connectivity index (χ2n) is 8.22. The Morgan fingerprint density at radius 2 is 1.88 bits per heavy atom. The molecule has 0 atom stereocenters. The van der Waals surface area contributed by atoms with Crippen LogP contribution in [0.3, 0.4) is 0 Å². The summed E-state index contributed by atoms with van der Waals surface area (Å²) in [5.41, 5.74) is 2.61. The Bertz CT molecular complexity index is 1010. The fraction of sp³-hybridized carbons (Fsp3) is 0.417. The molecule has 0 bridgehead atoms. The van der Waals surface area contributed by atoms with E-state index in [-0.39, 0.29) is 29.7 Å². The van der Waals surface area contributed by atoms with Gasteiger partial charge in [0.05, 0.1) is 11.9 Å². The third-order valence-corrected chi connectivity index (χ3v) is 5.97. The molecule has 4 rings (SSSR count). The molecule has 32 heavy (non-hydrogen) atoms. The van der Waals surface area contributed by atoms with E-state index >= 15 is 0 Å². The molecule has 3 N–H and O–H groups in total. The minimum Gasteiger partial charge on any atom is -0.431 e. The number of carbonyl (C=O) groups is 2. The minimum atomic E-state index is -0.229. The van der Waals surface area contributed by atoms with Crippen LogP contribution < -0.4 is 10.6 Å². The van der Waals surface area contributed by atoms with E-state index in [1.165, 1.54) is 6.20 Å². The Morgan fingerprint density at radius 1 is 1.12 bits per heavy atom. The van der Waals surface area contributed by atoms with Crippen LogP contribution in [-0.4, -0.2) is 39.1 Å². The van der Waals surface area contributed by atoms with Crippen LogP contribution in [0.4, 0.5) is 0 Å². The van der Waals surface area contributed by atoms with Crippen LogP contribution in [0, 0.1) is 0 Å². The SMILES string of the molecule is CCC(CC)NC(=O)c1cc(-c2cccc(-c3ncc(C(=O)NC4CCCC4)o3)c2)n[nH]1. The summed E-state index contributed by atoms with van der Waals surface area (Å²) in [6.07, 6.45) is 7.53. The van der Waals surface area contributed by atoms with E-state index in [0.29, 0.717) is 17.3 Å². The molecular weight excluding hydrogens is 406 g/mol. The average molecular weight is 436 g/mol. The molecule has 1 aliphatic carbocycles. The van der Waals surface area contributed by atoms with Crippen molar-refractivity contribution in [3.05, 3.63) is 48.0 Å². The van der Waals surface area contributed by atoms with Crippen molar-refractivity contribution >= 4 is 11.8 Å². The quantitative estimate of drug-likeness (QED) is 0.488. The maximum Gasteiger partial charge on any atom is 0.288 e. The average Bonchev–Trinajstić information content (AvgIpc) is 3.59. The van der Waals surface area contributed by atoms with Crippen molar-refractivity contribution in [3.8, 4) is 22.7 Å². The lowest BCUT2D eigenvalue weighted by Gasteiger charge is -2.13. The van der Waals surface area contributed by atoms with Gasteiger partial charge < -0.3 is 15.1 Å². The van der Waals surface area contributed by atoms with Crippen LogP contribution in [0.1, 0.15) is 73.4 Å². The molecule has 8 heteroatoms. The Hall–Kier alpha value is -3.42. The Kier molecular flexibility index (Phi) is 6.68. The van der Waals surface area contributed by atoms with Crippen LogP contribution in [-0.2, 0) is 0 Å². The Morgan fingerprint density at radius 3 is 2.62 bits per heavy atom. The molecule has 2 aromatic heterocycles. The van der Waals surface area contributed by atoms with Gasteiger partial charge >= 0.3 is 0 Å². The number of carbonyl (C=O) groups excluding carboxylic acids is 2. The van der Waals surface area contributed by atoms with Crippen molar-refractivity contribution in [2.45, 2.75) is 64.5 Å². The first-order chi connectivity index (χ1) is 15.6. The smallest absolute Gasteiger partial charge is 0.288 e. The largest absolute Gasteiger partial charge is 0.431 e. The summed E-state index contributed by atoms with van der Waals surface area (Å²) < 4.78 is 5.73. The highest BCUT2D eigenvalue weighted by Gasteiger charge is 2.21. The molecule has 0 saturated heterocycles. The number of H-pyrrole nitrogens is 1. The lowest BCUT2D eigenvalue weighted by Crippen LogP contribution is -2.33. The van der Waals surface area contributed by atoms with Crippen LogP contribution in [0.5, 0.6) is 0 Å². The van der Waals surface area contributed by atoms with Gasteiger partial charge in [0.25, 0.3) is 11.8 Å². The van der Waals surface area contributed by atoms with E-state index in [2.05, 4.69) is 25.8 Å². The molecule has 2 amide bonds. The number of rotatable bonds is 8. The fourth-order valence-electron chi connectivity index (χ4n) is 3.99. The molecule has 0 aliphatic heterocycles. The van der Waals surface area contributed by atoms with Gasteiger partial charge in [-0.3, -0.25) is 14.7 Å². The van der Waals surface area contributed by atoms with Gasteiger partial charge in [0, 0.05) is 23.2 Å². The summed E-state index contributed by atoms with van der Waals surface area (Å²) in [4.78, 5) is 29.2. The molecule has 0 spiro atoms. The lowest BCUT2D eigenvalue weighted by molar-refractivity contribution is 0.0908. The van der Waals surface area contributed by atoms with Gasteiger partial charge in [-0.1, -0.05) is 38.8 Å². The lowest BCUT2D eigenvalue weighted by atomic mass is 10.1. The first-order valence-electron chi connectivity index (χ1n) is 11.3. The molecule has 1 fully saturated rings. The maximum atomic E-state index is 12.5. The maximum absolute atomic E-state index is 12.5. The van der Waals surface area contributed by atoms with Crippen molar-refractivity contribution in [1.82, 2.24) is 25.8 Å². The Labute approximate surface area is 187 Å². The van der Waals surface area contributed by atoms with Gasteiger partial charge in [-0.2, -0.15) is 5.10 Å². The molecule has 0 unspecified atom stereocenters.